The minimum atomic E-state index is 0.185. The molecule has 0 aliphatic heterocycles. The molecule has 0 fully saturated rings. The van der Waals surface area contributed by atoms with Crippen molar-refractivity contribution in [1.29, 1.82) is 0 Å². The Morgan fingerprint density at radius 2 is 1.65 bits per heavy atom. The third-order valence-electron chi connectivity index (χ3n) is 3.52. The van der Waals surface area contributed by atoms with E-state index in [0.717, 1.165) is 13.1 Å². The third-order valence-corrected chi connectivity index (χ3v) is 3.52. The van der Waals surface area contributed by atoms with Crippen LogP contribution in [0.4, 0.5) is 0 Å². The zero-order valence-corrected chi connectivity index (χ0v) is 13.0. The van der Waals surface area contributed by atoms with Crippen LogP contribution in [0.1, 0.15) is 39.3 Å². The molecule has 2 rings (SSSR count). The molecule has 0 spiro atoms. The van der Waals surface area contributed by atoms with Gasteiger partial charge in [-0.2, -0.15) is 0 Å². The smallest absolute Gasteiger partial charge is 0.0298 e. The molecule has 2 aromatic carbocycles. The number of hydrogen-bond donors (Lipinski definition) is 2. The van der Waals surface area contributed by atoms with Crippen LogP contribution in [0.25, 0.3) is 10.8 Å². The minimum absolute atomic E-state index is 0.185. The summed E-state index contributed by atoms with van der Waals surface area (Å²) in [4.78, 5) is 0. The van der Waals surface area contributed by atoms with Gasteiger partial charge in [-0.05, 0) is 44.0 Å². The van der Waals surface area contributed by atoms with Crippen molar-refractivity contribution in [1.82, 2.24) is 10.6 Å². The maximum Gasteiger partial charge on any atom is 0.0298 e. The minimum Gasteiger partial charge on any atom is -0.311 e. The first-order valence-corrected chi connectivity index (χ1v) is 7.43. The zero-order valence-electron chi connectivity index (χ0n) is 13.0. The summed E-state index contributed by atoms with van der Waals surface area (Å²) in [5, 5.41) is 9.76. The van der Waals surface area contributed by atoms with Gasteiger partial charge in [-0.1, -0.05) is 42.5 Å². The van der Waals surface area contributed by atoms with Crippen molar-refractivity contribution in [2.24, 2.45) is 0 Å². The van der Waals surface area contributed by atoms with Crippen molar-refractivity contribution >= 4 is 10.8 Å². The molecule has 0 bridgehead atoms. The molecule has 0 saturated carbocycles. The van der Waals surface area contributed by atoms with E-state index < -0.39 is 0 Å². The molecule has 2 nitrogen and oxygen atoms in total. The van der Waals surface area contributed by atoms with Crippen molar-refractivity contribution in [2.75, 3.05) is 13.1 Å². The van der Waals surface area contributed by atoms with Gasteiger partial charge >= 0.3 is 0 Å². The number of nitrogens with one attached hydrogen (secondary N) is 2. The predicted octanol–water partition coefficient (Wildman–Crippen LogP) is 3.88. The molecule has 0 saturated heterocycles. The average Bonchev–Trinajstić information content (AvgIpc) is 2.41. The Hall–Kier alpha value is -1.38. The summed E-state index contributed by atoms with van der Waals surface area (Å²) in [5.41, 5.74) is 1.56. The van der Waals surface area contributed by atoms with E-state index in [1.807, 2.05) is 0 Å². The molecule has 1 unspecified atom stereocenters. The molecule has 0 amide bonds. The first-order valence-electron chi connectivity index (χ1n) is 7.43. The maximum atomic E-state index is 3.60. The highest BCUT2D eigenvalue weighted by atomic mass is 15.0. The van der Waals surface area contributed by atoms with Gasteiger partial charge in [-0.15, -0.1) is 0 Å². The van der Waals surface area contributed by atoms with Crippen molar-refractivity contribution in [3.05, 3.63) is 48.0 Å². The average molecular weight is 270 g/mol. The van der Waals surface area contributed by atoms with E-state index in [-0.39, 0.29) is 5.54 Å². The van der Waals surface area contributed by atoms with Gasteiger partial charge < -0.3 is 10.6 Å². The molecule has 0 aliphatic carbocycles. The molecule has 1 atom stereocenters. The summed E-state index contributed by atoms with van der Waals surface area (Å²) in [6.07, 6.45) is 0. The fourth-order valence-corrected chi connectivity index (χ4v) is 2.46. The number of rotatable bonds is 5. The molecule has 0 aromatic heterocycles. The Morgan fingerprint density at radius 3 is 2.40 bits per heavy atom. The number of fused-ring (bicyclic) bond motifs is 1. The van der Waals surface area contributed by atoms with Gasteiger partial charge in [0.25, 0.3) is 0 Å². The summed E-state index contributed by atoms with van der Waals surface area (Å²) in [6, 6.07) is 15.5. The fourth-order valence-electron chi connectivity index (χ4n) is 2.46. The molecule has 2 N–H and O–H groups in total. The molecule has 0 radical (unpaired) electrons. The van der Waals surface area contributed by atoms with E-state index in [2.05, 4.69) is 80.8 Å². The second-order valence-electron chi connectivity index (χ2n) is 6.42. The highest BCUT2D eigenvalue weighted by Crippen LogP contribution is 2.23. The Bertz CT molecular complexity index is 549. The van der Waals surface area contributed by atoms with Crippen LogP contribution in [0, 0.1) is 0 Å². The molecule has 20 heavy (non-hydrogen) atoms. The van der Waals surface area contributed by atoms with Crippen LogP contribution in [-0.2, 0) is 0 Å². The van der Waals surface area contributed by atoms with Gasteiger partial charge in [0.15, 0.2) is 0 Å². The Kier molecular flexibility index (Phi) is 4.79. The van der Waals surface area contributed by atoms with Gasteiger partial charge in [0.2, 0.25) is 0 Å². The van der Waals surface area contributed by atoms with Gasteiger partial charge in [-0.25, -0.2) is 0 Å². The van der Waals surface area contributed by atoms with Crippen LogP contribution in [0.15, 0.2) is 42.5 Å². The van der Waals surface area contributed by atoms with E-state index >= 15 is 0 Å². The molecule has 0 heterocycles. The molecule has 0 aliphatic rings. The Balaban J connectivity index is 1.99. The molecule has 2 heteroatoms. The van der Waals surface area contributed by atoms with Gasteiger partial charge in [0.1, 0.15) is 0 Å². The molecular formula is C18H26N2. The highest BCUT2D eigenvalue weighted by molar-refractivity contribution is 5.86. The second-order valence-corrected chi connectivity index (χ2v) is 6.42. The third kappa shape index (κ3) is 4.06. The van der Waals surface area contributed by atoms with Crippen molar-refractivity contribution < 1.29 is 0 Å². The van der Waals surface area contributed by atoms with Crippen LogP contribution in [0.3, 0.4) is 0 Å². The van der Waals surface area contributed by atoms with Crippen LogP contribution < -0.4 is 10.6 Å². The SMILES string of the molecule is CC(NCCNC(C)(C)C)c1cccc2ccccc12. The second kappa shape index (κ2) is 6.38. The fraction of sp³-hybridized carbons (Fsp3) is 0.444. The van der Waals surface area contributed by atoms with E-state index in [1.54, 1.807) is 0 Å². The normalized spacial score (nSPS) is 13.6. The highest BCUT2D eigenvalue weighted by Gasteiger charge is 2.10. The maximum absolute atomic E-state index is 3.60. The quantitative estimate of drug-likeness (QED) is 0.806. The predicted molar refractivity (Wildman–Crippen MR) is 88.1 cm³/mol. The molecular weight excluding hydrogens is 244 g/mol. The van der Waals surface area contributed by atoms with Gasteiger partial charge in [0.05, 0.1) is 0 Å². The summed E-state index contributed by atoms with van der Waals surface area (Å²) >= 11 is 0. The van der Waals surface area contributed by atoms with E-state index in [1.165, 1.54) is 16.3 Å². The first-order chi connectivity index (χ1) is 9.47. The van der Waals surface area contributed by atoms with Gasteiger partial charge in [0, 0.05) is 24.7 Å². The number of hydrogen-bond acceptors (Lipinski definition) is 2. The molecule has 2 aromatic rings. The summed E-state index contributed by atoms with van der Waals surface area (Å²) in [7, 11) is 0. The van der Waals surface area contributed by atoms with E-state index in [4.69, 9.17) is 0 Å². The van der Waals surface area contributed by atoms with E-state index in [0.29, 0.717) is 6.04 Å². The molecule has 108 valence electrons. The lowest BCUT2D eigenvalue weighted by Crippen LogP contribution is -2.40. The van der Waals surface area contributed by atoms with Crippen LogP contribution in [-0.4, -0.2) is 18.6 Å². The van der Waals surface area contributed by atoms with Crippen LogP contribution in [0.5, 0.6) is 0 Å². The first kappa shape index (κ1) is 15.0. The zero-order chi connectivity index (χ0) is 14.6. The van der Waals surface area contributed by atoms with Crippen LogP contribution >= 0.6 is 0 Å². The summed E-state index contributed by atoms with van der Waals surface area (Å²) < 4.78 is 0. The standard InChI is InChI=1S/C18H26N2/c1-14(19-12-13-20-18(2,3)4)16-11-7-9-15-8-5-6-10-17(15)16/h5-11,14,19-20H,12-13H2,1-4H3. The van der Waals surface area contributed by atoms with Crippen molar-refractivity contribution in [3.63, 3.8) is 0 Å². The lowest BCUT2D eigenvalue weighted by Gasteiger charge is -2.22. The monoisotopic (exact) mass is 270 g/mol. The van der Waals surface area contributed by atoms with Gasteiger partial charge in [-0.3, -0.25) is 0 Å². The number of benzene rings is 2. The summed E-state index contributed by atoms with van der Waals surface area (Å²) in [5.74, 6) is 0. The lowest BCUT2D eigenvalue weighted by atomic mass is 10.00. The van der Waals surface area contributed by atoms with Crippen molar-refractivity contribution in [2.45, 2.75) is 39.3 Å². The van der Waals surface area contributed by atoms with E-state index in [9.17, 15) is 0 Å². The van der Waals surface area contributed by atoms with Crippen LogP contribution in [0.2, 0.25) is 0 Å². The topological polar surface area (TPSA) is 24.1 Å². The lowest BCUT2D eigenvalue weighted by molar-refractivity contribution is 0.414. The Labute approximate surface area is 122 Å². The Morgan fingerprint density at radius 1 is 0.950 bits per heavy atom. The largest absolute Gasteiger partial charge is 0.311 e. The summed E-state index contributed by atoms with van der Waals surface area (Å²) in [6.45, 7) is 10.8. The van der Waals surface area contributed by atoms with Crippen molar-refractivity contribution in [3.8, 4) is 0 Å².